The second kappa shape index (κ2) is 9.52. The minimum absolute atomic E-state index is 0.191. The van der Waals surface area contributed by atoms with Crippen LogP contribution in [0.25, 0.3) is 0 Å². The van der Waals surface area contributed by atoms with E-state index in [0.717, 1.165) is 25.9 Å². The summed E-state index contributed by atoms with van der Waals surface area (Å²) in [5, 5.41) is 13.3. The summed E-state index contributed by atoms with van der Waals surface area (Å²) in [5.41, 5.74) is 0. The van der Waals surface area contributed by atoms with Crippen LogP contribution < -0.4 is 5.32 Å². The lowest BCUT2D eigenvalue weighted by Crippen LogP contribution is -2.16. The third-order valence-electron chi connectivity index (χ3n) is 1.94. The lowest BCUT2D eigenvalue weighted by Gasteiger charge is -2.02. The van der Waals surface area contributed by atoms with Crippen LogP contribution in [0, 0.1) is 0 Å². The number of hydrogen-bond acceptors (Lipinski definition) is 2. The molecule has 0 aliphatic carbocycles. The topological polar surface area (TPSA) is 49.0 Å². The van der Waals surface area contributed by atoms with Crippen LogP contribution in [0.15, 0.2) is 0 Å². The highest BCUT2D eigenvalue weighted by Crippen LogP contribution is 1.95. The first-order valence-electron chi connectivity index (χ1n) is 5.18. The summed E-state index contributed by atoms with van der Waals surface area (Å²) in [5.74, 6) is -0.939. The minimum Gasteiger partial charge on any atom is -0.317 e. The van der Waals surface area contributed by atoms with Crippen molar-refractivity contribution >= 4 is 5.97 Å². The molecule has 0 aromatic rings. The molecule has 0 aromatic carbocycles. The zero-order valence-corrected chi connectivity index (χ0v) is 8.47. The van der Waals surface area contributed by atoms with E-state index in [9.17, 15) is 9.90 Å². The zero-order chi connectivity index (χ0) is 9.94. The Hall–Kier alpha value is -0.570. The molecule has 3 heteroatoms. The molecular weight excluding hydrogens is 166 g/mol. The molecule has 0 aliphatic heterocycles. The fraction of sp³-hybridized carbons (Fsp3) is 0.900. The number of nitrogens with one attached hydrogen (secondary N) is 1. The first-order chi connectivity index (χ1) is 6.27. The van der Waals surface area contributed by atoms with Gasteiger partial charge in [0.15, 0.2) is 0 Å². The number of unbranched alkanes of at least 4 members (excludes halogenated alkanes) is 3. The number of hydrogen-bond donors (Lipinski definition) is 1. The second-order valence-electron chi connectivity index (χ2n) is 3.29. The lowest BCUT2D eigenvalue weighted by atomic mass is 10.2. The fourth-order valence-corrected chi connectivity index (χ4v) is 1.14. The molecule has 13 heavy (non-hydrogen) atoms. The molecule has 0 heterocycles. The van der Waals surface area contributed by atoms with E-state index in [1.54, 1.807) is 0 Å². The van der Waals surface area contributed by atoms with Gasteiger partial charge in [-0.05, 0) is 32.4 Å². The van der Waals surface area contributed by atoms with Gasteiger partial charge in [-0.15, -0.1) is 0 Å². The van der Waals surface area contributed by atoms with Crippen molar-refractivity contribution in [1.82, 2.24) is 5.32 Å². The van der Waals surface area contributed by atoms with E-state index in [-0.39, 0.29) is 6.42 Å². The van der Waals surface area contributed by atoms with Crippen LogP contribution in [0.1, 0.15) is 45.4 Å². The van der Waals surface area contributed by atoms with Crippen LogP contribution in [0.2, 0.25) is 0 Å². The van der Waals surface area contributed by atoms with Crippen molar-refractivity contribution in [3.05, 3.63) is 0 Å². The van der Waals surface area contributed by atoms with Gasteiger partial charge in [0.05, 0.1) is 6.42 Å². The van der Waals surface area contributed by atoms with Crippen LogP contribution in [-0.4, -0.2) is 19.1 Å². The number of carbonyl (C=O) groups is 1. The Morgan fingerprint density at radius 3 is 2.23 bits per heavy atom. The third kappa shape index (κ3) is 11.4. The third-order valence-corrected chi connectivity index (χ3v) is 1.94. The van der Waals surface area contributed by atoms with Crippen molar-refractivity contribution in [2.75, 3.05) is 13.1 Å². The van der Waals surface area contributed by atoms with Crippen molar-refractivity contribution in [3.8, 4) is 0 Å². The van der Waals surface area contributed by atoms with Crippen LogP contribution in [0.4, 0.5) is 0 Å². The molecule has 0 saturated heterocycles. The Morgan fingerprint density at radius 1 is 1.08 bits per heavy atom. The number of rotatable bonds is 9. The molecule has 0 saturated carbocycles. The average Bonchev–Trinajstić information content (AvgIpc) is 2.09. The molecule has 0 spiro atoms. The summed E-state index contributed by atoms with van der Waals surface area (Å²) in [6.45, 7) is 4.16. The SMILES string of the molecule is CCCCCNCCCCC([O])=O. The average molecular weight is 186 g/mol. The van der Waals surface area contributed by atoms with Crippen LogP contribution in [-0.2, 0) is 9.90 Å². The lowest BCUT2D eigenvalue weighted by molar-refractivity contribution is -0.143. The van der Waals surface area contributed by atoms with E-state index in [1.807, 2.05) is 0 Å². The van der Waals surface area contributed by atoms with Gasteiger partial charge in [0.1, 0.15) is 0 Å². The summed E-state index contributed by atoms with van der Waals surface area (Å²) in [7, 11) is 0. The highest BCUT2D eigenvalue weighted by Gasteiger charge is 1.97. The Balaban J connectivity index is 2.87. The van der Waals surface area contributed by atoms with Gasteiger partial charge in [0.2, 0.25) is 0 Å². The maximum Gasteiger partial charge on any atom is 0.355 e. The van der Waals surface area contributed by atoms with Gasteiger partial charge in [-0.2, -0.15) is 0 Å². The van der Waals surface area contributed by atoms with Crippen molar-refractivity contribution < 1.29 is 9.90 Å². The summed E-state index contributed by atoms with van der Waals surface area (Å²) >= 11 is 0. The van der Waals surface area contributed by atoms with Crippen molar-refractivity contribution in [2.24, 2.45) is 0 Å². The zero-order valence-electron chi connectivity index (χ0n) is 8.47. The molecule has 0 amide bonds. The predicted octanol–water partition coefficient (Wildman–Crippen LogP) is 1.89. The molecular formula is C10H20NO2. The van der Waals surface area contributed by atoms with E-state index in [0.29, 0.717) is 0 Å². The van der Waals surface area contributed by atoms with E-state index >= 15 is 0 Å². The second-order valence-corrected chi connectivity index (χ2v) is 3.29. The Labute approximate surface area is 80.5 Å². The van der Waals surface area contributed by atoms with E-state index in [1.165, 1.54) is 19.3 Å². The molecule has 0 bridgehead atoms. The van der Waals surface area contributed by atoms with E-state index in [2.05, 4.69) is 12.2 Å². The highest BCUT2D eigenvalue weighted by molar-refractivity contribution is 5.66. The van der Waals surface area contributed by atoms with E-state index < -0.39 is 5.97 Å². The molecule has 1 radical (unpaired) electrons. The fourth-order valence-electron chi connectivity index (χ4n) is 1.14. The smallest absolute Gasteiger partial charge is 0.317 e. The summed E-state index contributed by atoms with van der Waals surface area (Å²) in [6.07, 6.45) is 5.58. The Kier molecular flexibility index (Phi) is 9.10. The Bertz CT molecular complexity index is 126. The summed E-state index contributed by atoms with van der Waals surface area (Å²) < 4.78 is 0. The first-order valence-corrected chi connectivity index (χ1v) is 5.18. The molecule has 0 aliphatic rings. The highest BCUT2D eigenvalue weighted by atomic mass is 16.4. The molecule has 3 nitrogen and oxygen atoms in total. The quantitative estimate of drug-likeness (QED) is 0.559. The molecule has 0 atom stereocenters. The summed E-state index contributed by atoms with van der Waals surface area (Å²) in [4.78, 5) is 10.0. The molecule has 0 unspecified atom stereocenters. The van der Waals surface area contributed by atoms with Gasteiger partial charge in [0, 0.05) is 0 Å². The van der Waals surface area contributed by atoms with Gasteiger partial charge >= 0.3 is 5.97 Å². The minimum atomic E-state index is -0.939. The van der Waals surface area contributed by atoms with Crippen LogP contribution in [0.5, 0.6) is 0 Å². The number of carbonyl (C=O) groups excluding carboxylic acids is 1. The molecule has 0 aromatic heterocycles. The largest absolute Gasteiger partial charge is 0.355 e. The normalized spacial score (nSPS) is 10.2. The van der Waals surface area contributed by atoms with Gasteiger partial charge < -0.3 is 5.32 Å². The van der Waals surface area contributed by atoms with Gasteiger partial charge in [-0.1, -0.05) is 19.8 Å². The summed E-state index contributed by atoms with van der Waals surface area (Å²) in [6, 6.07) is 0. The molecule has 0 fully saturated rings. The van der Waals surface area contributed by atoms with E-state index in [4.69, 9.17) is 0 Å². The van der Waals surface area contributed by atoms with Gasteiger partial charge in [-0.25, -0.2) is 9.90 Å². The predicted molar refractivity (Wildman–Crippen MR) is 51.9 cm³/mol. The molecule has 0 rings (SSSR count). The monoisotopic (exact) mass is 186 g/mol. The molecule has 1 N–H and O–H groups in total. The van der Waals surface area contributed by atoms with Crippen LogP contribution >= 0.6 is 0 Å². The maximum atomic E-state index is 10.0. The first kappa shape index (κ1) is 12.4. The van der Waals surface area contributed by atoms with Gasteiger partial charge in [-0.3, -0.25) is 0 Å². The van der Waals surface area contributed by atoms with Crippen molar-refractivity contribution in [3.63, 3.8) is 0 Å². The maximum absolute atomic E-state index is 10.0. The Morgan fingerprint density at radius 2 is 1.69 bits per heavy atom. The van der Waals surface area contributed by atoms with Gasteiger partial charge in [0.25, 0.3) is 0 Å². The van der Waals surface area contributed by atoms with Crippen molar-refractivity contribution in [2.45, 2.75) is 45.4 Å². The standard InChI is InChI=1S/C10H20NO2/c1-2-3-5-8-11-9-6-4-7-10(12)13/h11H,2-9H2,1H3. The van der Waals surface area contributed by atoms with Crippen molar-refractivity contribution in [1.29, 1.82) is 0 Å². The molecule has 77 valence electrons. The van der Waals surface area contributed by atoms with Crippen LogP contribution in [0.3, 0.4) is 0 Å².